The third-order valence-corrected chi connectivity index (χ3v) is 3.50. The molecule has 1 aromatic heterocycles. The first-order valence-electron chi connectivity index (χ1n) is 5.37. The van der Waals surface area contributed by atoms with Crippen molar-refractivity contribution in [3.05, 3.63) is 24.3 Å². The molecule has 0 saturated heterocycles. The van der Waals surface area contributed by atoms with Gasteiger partial charge in [-0.15, -0.1) is 0 Å². The fourth-order valence-corrected chi connectivity index (χ4v) is 2.43. The molecule has 1 aromatic carbocycles. The van der Waals surface area contributed by atoms with Crippen LogP contribution in [0.2, 0.25) is 0 Å². The number of carbonyl (C=O) groups is 1. The molecule has 3 nitrogen and oxygen atoms in total. The molecule has 0 spiro atoms. The molecule has 0 amide bonds. The number of rotatable bonds is 2. The van der Waals surface area contributed by atoms with Gasteiger partial charge in [0.1, 0.15) is 0 Å². The highest BCUT2D eigenvalue weighted by Gasteiger charge is 2.33. The summed E-state index contributed by atoms with van der Waals surface area (Å²) in [7, 11) is 0. The Hall–Kier alpha value is -1.29. The van der Waals surface area contributed by atoms with Crippen molar-refractivity contribution in [1.29, 1.82) is 0 Å². The van der Waals surface area contributed by atoms with Gasteiger partial charge in [-0.1, -0.05) is 23.9 Å². The molecule has 4 heteroatoms. The fraction of sp³-hybridized carbons (Fsp3) is 0.333. The van der Waals surface area contributed by atoms with Crippen molar-refractivity contribution < 1.29 is 4.79 Å². The van der Waals surface area contributed by atoms with Crippen molar-refractivity contribution in [2.45, 2.75) is 18.0 Å². The number of thioether (sulfide) groups is 1. The van der Waals surface area contributed by atoms with E-state index in [0.717, 1.165) is 29.0 Å². The smallest absolute Gasteiger partial charge is 0.236 e. The molecule has 1 fully saturated rings. The number of benzene rings is 1. The summed E-state index contributed by atoms with van der Waals surface area (Å²) >= 11 is 1.53. The third-order valence-electron chi connectivity index (χ3n) is 2.86. The summed E-state index contributed by atoms with van der Waals surface area (Å²) in [6.45, 7) is 0. The average Bonchev–Trinajstić information content (AvgIpc) is 3.08. The monoisotopic (exact) mass is 232 g/mol. The maximum absolute atomic E-state index is 12.2. The maximum atomic E-state index is 12.2. The topological polar surface area (TPSA) is 34.9 Å². The fourth-order valence-electron chi connectivity index (χ4n) is 1.87. The molecule has 2 aromatic rings. The van der Waals surface area contributed by atoms with Crippen LogP contribution in [0.5, 0.6) is 0 Å². The number of carbonyl (C=O) groups excluding carboxylic acids is 1. The Balaban J connectivity index is 2.22. The molecule has 0 aliphatic heterocycles. The van der Waals surface area contributed by atoms with E-state index in [-0.39, 0.29) is 11.8 Å². The van der Waals surface area contributed by atoms with Gasteiger partial charge in [0.05, 0.1) is 11.0 Å². The zero-order valence-corrected chi connectivity index (χ0v) is 9.83. The molecule has 82 valence electrons. The highest BCUT2D eigenvalue weighted by atomic mass is 32.2. The molecule has 1 aliphatic carbocycles. The second-order valence-electron chi connectivity index (χ2n) is 4.04. The Morgan fingerprint density at radius 2 is 2.19 bits per heavy atom. The van der Waals surface area contributed by atoms with Crippen LogP contribution in [-0.4, -0.2) is 21.7 Å². The van der Waals surface area contributed by atoms with Crippen LogP contribution >= 0.6 is 11.8 Å². The van der Waals surface area contributed by atoms with E-state index in [4.69, 9.17) is 0 Å². The second kappa shape index (κ2) is 3.63. The molecule has 1 heterocycles. The zero-order chi connectivity index (χ0) is 11.1. The summed E-state index contributed by atoms with van der Waals surface area (Å²) in [5, 5.41) is 0.804. The van der Waals surface area contributed by atoms with Crippen LogP contribution in [0.25, 0.3) is 11.0 Å². The first-order valence-corrected chi connectivity index (χ1v) is 6.59. The SMILES string of the molecule is CSc1nc2ccccc2n1C(=O)C1CC1. The van der Waals surface area contributed by atoms with Gasteiger partial charge >= 0.3 is 0 Å². The van der Waals surface area contributed by atoms with Crippen molar-refractivity contribution >= 4 is 28.7 Å². The maximum Gasteiger partial charge on any atom is 0.236 e. The van der Waals surface area contributed by atoms with E-state index >= 15 is 0 Å². The zero-order valence-electron chi connectivity index (χ0n) is 9.01. The molecule has 16 heavy (non-hydrogen) atoms. The lowest BCUT2D eigenvalue weighted by Gasteiger charge is -2.04. The number of hydrogen-bond donors (Lipinski definition) is 0. The molecule has 0 radical (unpaired) electrons. The van der Waals surface area contributed by atoms with Crippen LogP contribution in [-0.2, 0) is 0 Å². The number of fused-ring (bicyclic) bond motifs is 1. The number of imidazole rings is 1. The van der Waals surface area contributed by atoms with E-state index in [0.29, 0.717) is 0 Å². The minimum atomic E-state index is 0.207. The first kappa shape index (κ1) is 9.90. The Bertz CT molecular complexity index is 557. The summed E-state index contributed by atoms with van der Waals surface area (Å²) in [6.07, 6.45) is 4.01. The van der Waals surface area contributed by atoms with E-state index in [2.05, 4.69) is 4.98 Å². The normalized spacial score (nSPS) is 15.6. The average molecular weight is 232 g/mol. The van der Waals surface area contributed by atoms with Crippen molar-refractivity contribution in [3.8, 4) is 0 Å². The Labute approximate surface area is 97.9 Å². The van der Waals surface area contributed by atoms with Crippen molar-refractivity contribution in [2.24, 2.45) is 5.92 Å². The van der Waals surface area contributed by atoms with Gasteiger partial charge < -0.3 is 0 Å². The Morgan fingerprint density at radius 3 is 2.88 bits per heavy atom. The number of aromatic nitrogens is 2. The lowest BCUT2D eigenvalue weighted by Crippen LogP contribution is -2.13. The largest absolute Gasteiger partial charge is 0.274 e. The van der Waals surface area contributed by atoms with Gasteiger partial charge in [-0.25, -0.2) is 4.98 Å². The van der Waals surface area contributed by atoms with Crippen LogP contribution in [0, 0.1) is 5.92 Å². The van der Waals surface area contributed by atoms with E-state index in [1.54, 1.807) is 4.57 Å². The van der Waals surface area contributed by atoms with Crippen LogP contribution in [0.1, 0.15) is 17.6 Å². The molecule has 0 N–H and O–H groups in total. The predicted octanol–water partition coefficient (Wildman–Crippen LogP) is 2.81. The lowest BCUT2D eigenvalue weighted by atomic mass is 10.3. The van der Waals surface area contributed by atoms with Gasteiger partial charge in [0.25, 0.3) is 0 Å². The molecule has 0 unspecified atom stereocenters. The molecule has 1 saturated carbocycles. The number of nitrogens with zero attached hydrogens (tertiary/aromatic N) is 2. The predicted molar refractivity (Wildman–Crippen MR) is 64.9 cm³/mol. The highest BCUT2D eigenvalue weighted by molar-refractivity contribution is 7.98. The van der Waals surface area contributed by atoms with Gasteiger partial charge in [0.15, 0.2) is 5.16 Å². The van der Waals surface area contributed by atoms with Crippen molar-refractivity contribution in [3.63, 3.8) is 0 Å². The summed E-state index contributed by atoms with van der Waals surface area (Å²) < 4.78 is 1.78. The summed E-state index contributed by atoms with van der Waals surface area (Å²) in [5.41, 5.74) is 1.84. The minimum absolute atomic E-state index is 0.207. The van der Waals surface area contributed by atoms with Gasteiger partial charge in [-0.2, -0.15) is 0 Å². The summed E-state index contributed by atoms with van der Waals surface area (Å²) in [5.74, 6) is 0.432. The third kappa shape index (κ3) is 1.45. The molecule has 1 aliphatic rings. The highest BCUT2D eigenvalue weighted by Crippen LogP contribution is 2.33. The minimum Gasteiger partial charge on any atom is -0.274 e. The van der Waals surface area contributed by atoms with Gasteiger partial charge in [0, 0.05) is 5.92 Å². The quantitative estimate of drug-likeness (QED) is 0.747. The lowest BCUT2D eigenvalue weighted by molar-refractivity contribution is 0.0881. The second-order valence-corrected chi connectivity index (χ2v) is 4.81. The van der Waals surface area contributed by atoms with Gasteiger partial charge in [0.2, 0.25) is 5.91 Å². The summed E-state index contributed by atoms with van der Waals surface area (Å²) in [4.78, 5) is 16.6. The van der Waals surface area contributed by atoms with E-state index in [1.807, 2.05) is 30.5 Å². The van der Waals surface area contributed by atoms with Gasteiger partial charge in [-0.05, 0) is 31.2 Å². The van der Waals surface area contributed by atoms with Crippen molar-refractivity contribution in [2.75, 3.05) is 6.26 Å². The van der Waals surface area contributed by atoms with Crippen LogP contribution in [0.4, 0.5) is 0 Å². The van der Waals surface area contributed by atoms with Gasteiger partial charge in [-0.3, -0.25) is 9.36 Å². The van der Waals surface area contributed by atoms with Crippen LogP contribution in [0.15, 0.2) is 29.4 Å². The number of para-hydroxylation sites is 2. The summed E-state index contributed by atoms with van der Waals surface area (Å²) in [6, 6.07) is 7.81. The van der Waals surface area contributed by atoms with Crippen LogP contribution < -0.4 is 0 Å². The Morgan fingerprint density at radius 1 is 1.44 bits per heavy atom. The molecule has 0 bridgehead atoms. The molecular formula is C12H12N2OS. The van der Waals surface area contributed by atoms with E-state index < -0.39 is 0 Å². The molecule has 0 atom stereocenters. The molecule has 3 rings (SSSR count). The number of hydrogen-bond acceptors (Lipinski definition) is 3. The molecular weight excluding hydrogens is 220 g/mol. The Kier molecular flexibility index (Phi) is 2.24. The first-order chi connectivity index (χ1) is 7.81. The van der Waals surface area contributed by atoms with E-state index in [9.17, 15) is 4.79 Å². The van der Waals surface area contributed by atoms with Crippen molar-refractivity contribution in [1.82, 2.24) is 9.55 Å². The standard InChI is InChI=1S/C12H12N2OS/c1-16-12-13-9-4-2-3-5-10(9)14(12)11(15)8-6-7-8/h2-5,8H,6-7H2,1H3. The van der Waals surface area contributed by atoms with E-state index in [1.165, 1.54) is 11.8 Å². The van der Waals surface area contributed by atoms with Crippen LogP contribution in [0.3, 0.4) is 0 Å².